The van der Waals surface area contributed by atoms with Crippen molar-refractivity contribution >= 4 is 39.5 Å². The molecular weight excluding hydrogens is 406 g/mol. The average molecular weight is 424 g/mol. The standard InChI is InChI=1S/C16H18BrN5S2/c1-20(10-14-5-6-15(17)24-14)12-22-16(23)21(11-19-22)9-7-13-4-2-3-8-18-13/h2-6,8,11H,7,9-10,12H2,1H3. The summed E-state index contributed by atoms with van der Waals surface area (Å²) in [5.41, 5.74) is 1.06. The Labute approximate surface area is 158 Å². The predicted octanol–water partition coefficient (Wildman–Crippen LogP) is 3.97. The fourth-order valence-electron chi connectivity index (χ4n) is 2.38. The van der Waals surface area contributed by atoms with Crippen LogP contribution in [-0.4, -0.2) is 31.3 Å². The molecule has 0 fully saturated rings. The van der Waals surface area contributed by atoms with Crippen LogP contribution in [0.15, 0.2) is 46.6 Å². The molecule has 3 aromatic heterocycles. The molecule has 0 N–H and O–H groups in total. The Morgan fingerprint density at radius 1 is 1.29 bits per heavy atom. The minimum absolute atomic E-state index is 0.672. The number of aromatic nitrogens is 4. The molecule has 0 spiro atoms. The third-order valence-corrected chi connectivity index (χ3v) is 5.62. The van der Waals surface area contributed by atoms with E-state index in [1.54, 1.807) is 17.7 Å². The van der Waals surface area contributed by atoms with Crippen molar-refractivity contribution in [2.24, 2.45) is 0 Å². The number of hydrogen-bond acceptors (Lipinski definition) is 5. The normalized spacial score (nSPS) is 11.3. The van der Waals surface area contributed by atoms with E-state index in [9.17, 15) is 0 Å². The smallest absolute Gasteiger partial charge is 0.198 e. The van der Waals surface area contributed by atoms with E-state index in [-0.39, 0.29) is 0 Å². The van der Waals surface area contributed by atoms with Crippen LogP contribution >= 0.6 is 39.5 Å². The molecule has 24 heavy (non-hydrogen) atoms. The topological polar surface area (TPSA) is 38.9 Å². The third kappa shape index (κ3) is 4.60. The highest BCUT2D eigenvalue weighted by atomic mass is 79.9. The summed E-state index contributed by atoms with van der Waals surface area (Å²) in [4.78, 5) is 7.85. The zero-order valence-corrected chi connectivity index (χ0v) is 16.5. The van der Waals surface area contributed by atoms with Crippen molar-refractivity contribution in [1.82, 2.24) is 24.2 Å². The molecule has 0 radical (unpaired) electrons. The van der Waals surface area contributed by atoms with E-state index >= 15 is 0 Å². The second-order valence-corrected chi connectivity index (χ2v) is 8.45. The van der Waals surface area contributed by atoms with Crippen LogP contribution < -0.4 is 0 Å². The van der Waals surface area contributed by atoms with Crippen LogP contribution in [0, 0.1) is 4.77 Å². The van der Waals surface area contributed by atoms with Gasteiger partial charge in [-0.15, -0.1) is 11.3 Å². The number of thiophene rings is 1. The highest BCUT2D eigenvalue weighted by molar-refractivity contribution is 9.11. The monoisotopic (exact) mass is 423 g/mol. The summed E-state index contributed by atoms with van der Waals surface area (Å²) < 4.78 is 5.75. The predicted molar refractivity (Wildman–Crippen MR) is 102 cm³/mol. The SMILES string of the molecule is CN(Cc1ccc(Br)s1)Cn1ncn(CCc2ccccn2)c1=S. The highest BCUT2D eigenvalue weighted by Crippen LogP contribution is 2.23. The second-order valence-electron chi connectivity index (χ2n) is 5.54. The van der Waals surface area contributed by atoms with Crippen LogP contribution in [0.25, 0.3) is 0 Å². The van der Waals surface area contributed by atoms with Crippen LogP contribution in [0.5, 0.6) is 0 Å². The molecule has 126 valence electrons. The van der Waals surface area contributed by atoms with Crippen molar-refractivity contribution in [2.75, 3.05) is 7.05 Å². The van der Waals surface area contributed by atoms with Crippen molar-refractivity contribution in [1.29, 1.82) is 0 Å². The molecule has 0 aliphatic heterocycles. The third-order valence-electron chi connectivity index (χ3n) is 3.56. The first-order chi connectivity index (χ1) is 11.6. The maximum absolute atomic E-state index is 5.54. The first-order valence-electron chi connectivity index (χ1n) is 7.57. The maximum Gasteiger partial charge on any atom is 0.198 e. The van der Waals surface area contributed by atoms with Crippen molar-refractivity contribution in [3.63, 3.8) is 0 Å². The number of hydrogen-bond donors (Lipinski definition) is 0. The fraction of sp³-hybridized carbons (Fsp3) is 0.312. The lowest BCUT2D eigenvalue weighted by atomic mass is 10.3. The molecule has 3 aromatic rings. The molecule has 0 aromatic carbocycles. The Hall–Kier alpha value is -1.35. The molecule has 0 amide bonds. The number of aryl methyl sites for hydroxylation is 2. The zero-order valence-electron chi connectivity index (χ0n) is 13.3. The van der Waals surface area contributed by atoms with Gasteiger partial charge >= 0.3 is 0 Å². The summed E-state index contributed by atoms with van der Waals surface area (Å²) in [7, 11) is 2.07. The Balaban J connectivity index is 1.59. The van der Waals surface area contributed by atoms with Gasteiger partial charge in [0.15, 0.2) is 4.77 Å². The molecule has 0 unspecified atom stereocenters. The molecule has 8 heteroatoms. The van der Waals surface area contributed by atoms with Gasteiger partial charge in [-0.3, -0.25) is 9.88 Å². The number of pyridine rings is 1. The number of nitrogens with zero attached hydrogens (tertiary/aromatic N) is 5. The van der Waals surface area contributed by atoms with Gasteiger partial charge in [0.2, 0.25) is 0 Å². The largest absolute Gasteiger partial charge is 0.306 e. The molecule has 0 saturated heterocycles. The first-order valence-corrected chi connectivity index (χ1v) is 9.58. The van der Waals surface area contributed by atoms with Crippen LogP contribution in [-0.2, 0) is 26.2 Å². The Morgan fingerprint density at radius 2 is 2.17 bits per heavy atom. The lowest BCUT2D eigenvalue weighted by Crippen LogP contribution is -2.22. The van der Waals surface area contributed by atoms with Gasteiger partial charge in [-0.2, -0.15) is 5.10 Å². The van der Waals surface area contributed by atoms with E-state index in [0.717, 1.165) is 33.8 Å². The molecular formula is C16H18BrN5S2. The second kappa shape index (κ2) is 8.15. The van der Waals surface area contributed by atoms with E-state index in [2.05, 4.69) is 50.1 Å². The Kier molecular flexibility index (Phi) is 5.94. The van der Waals surface area contributed by atoms with Gasteiger partial charge in [0.05, 0.1) is 10.5 Å². The molecule has 5 nitrogen and oxygen atoms in total. The van der Waals surface area contributed by atoms with E-state index in [0.29, 0.717) is 6.67 Å². The van der Waals surface area contributed by atoms with E-state index in [4.69, 9.17) is 12.2 Å². The van der Waals surface area contributed by atoms with Crippen molar-refractivity contribution in [3.05, 3.63) is 62.0 Å². The molecule has 3 heterocycles. The molecule has 0 atom stereocenters. The molecule has 0 bridgehead atoms. The van der Waals surface area contributed by atoms with Gasteiger partial charge in [-0.05, 0) is 59.5 Å². The van der Waals surface area contributed by atoms with E-state index < -0.39 is 0 Å². The Bertz CT molecular complexity index is 840. The summed E-state index contributed by atoms with van der Waals surface area (Å²) in [6, 6.07) is 10.2. The van der Waals surface area contributed by atoms with Gasteiger partial charge in [-0.1, -0.05) is 6.07 Å². The van der Waals surface area contributed by atoms with Crippen LogP contribution in [0.2, 0.25) is 0 Å². The van der Waals surface area contributed by atoms with Crippen molar-refractivity contribution in [2.45, 2.75) is 26.2 Å². The van der Waals surface area contributed by atoms with Crippen LogP contribution in [0.1, 0.15) is 10.6 Å². The zero-order chi connectivity index (χ0) is 16.9. The Morgan fingerprint density at radius 3 is 2.88 bits per heavy atom. The maximum atomic E-state index is 5.54. The van der Waals surface area contributed by atoms with Gasteiger partial charge in [0.1, 0.15) is 6.33 Å². The minimum Gasteiger partial charge on any atom is -0.306 e. The van der Waals surface area contributed by atoms with Gasteiger partial charge in [0, 0.05) is 36.3 Å². The summed E-state index contributed by atoms with van der Waals surface area (Å²) >= 11 is 10.8. The van der Waals surface area contributed by atoms with Crippen molar-refractivity contribution in [3.8, 4) is 0 Å². The van der Waals surface area contributed by atoms with E-state index in [1.165, 1.54) is 4.88 Å². The van der Waals surface area contributed by atoms with Gasteiger partial charge < -0.3 is 4.57 Å². The molecule has 3 rings (SSSR count). The van der Waals surface area contributed by atoms with E-state index in [1.807, 2.05) is 33.6 Å². The molecule has 0 saturated carbocycles. The lowest BCUT2D eigenvalue weighted by Gasteiger charge is -2.15. The highest BCUT2D eigenvalue weighted by Gasteiger charge is 2.07. The fourth-order valence-corrected chi connectivity index (χ4v) is 4.19. The number of halogens is 1. The molecule has 0 aliphatic carbocycles. The summed E-state index contributed by atoms with van der Waals surface area (Å²) in [6.07, 6.45) is 4.47. The first kappa shape index (κ1) is 17.5. The summed E-state index contributed by atoms with van der Waals surface area (Å²) in [5.74, 6) is 0. The van der Waals surface area contributed by atoms with Crippen LogP contribution in [0.3, 0.4) is 0 Å². The quantitative estimate of drug-likeness (QED) is 0.538. The minimum atomic E-state index is 0.672. The number of rotatable bonds is 7. The molecule has 0 aliphatic rings. The summed E-state index contributed by atoms with van der Waals surface area (Å²) in [6.45, 7) is 2.33. The van der Waals surface area contributed by atoms with Crippen molar-refractivity contribution < 1.29 is 0 Å². The van der Waals surface area contributed by atoms with Gasteiger partial charge in [0.25, 0.3) is 0 Å². The van der Waals surface area contributed by atoms with Crippen LogP contribution in [0.4, 0.5) is 0 Å². The van der Waals surface area contributed by atoms with Gasteiger partial charge in [-0.25, -0.2) is 4.68 Å². The average Bonchev–Trinajstić information content (AvgIpc) is 3.13. The summed E-state index contributed by atoms with van der Waals surface area (Å²) in [5, 5.41) is 4.42. The lowest BCUT2D eigenvalue weighted by molar-refractivity contribution is 0.245.